The molecule has 1 rings (SSSR count). The predicted molar refractivity (Wildman–Crippen MR) is 62.3 cm³/mol. The number of hydrogen-bond donors (Lipinski definition) is 0. The molecule has 0 spiro atoms. The van der Waals surface area contributed by atoms with Gasteiger partial charge in [-0.1, -0.05) is 6.92 Å². The fourth-order valence-corrected chi connectivity index (χ4v) is 2.02. The van der Waals surface area contributed by atoms with E-state index in [4.69, 9.17) is 4.74 Å². The van der Waals surface area contributed by atoms with Crippen molar-refractivity contribution in [3.8, 4) is 0 Å². The summed E-state index contributed by atoms with van der Waals surface area (Å²) in [5, 5.41) is 0. The van der Waals surface area contributed by atoms with E-state index in [1.807, 2.05) is 0 Å². The van der Waals surface area contributed by atoms with Crippen LogP contribution in [0.2, 0.25) is 0 Å². The van der Waals surface area contributed by atoms with Crippen LogP contribution in [0.3, 0.4) is 0 Å². The summed E-state index contributed by atoms with van der Waals surface area (Å²) in [6.45, 7) is 6.79. The molecule has 0 bridgehead atoms. The van der Waals surface area contributed by atoms with Crippen LogP contribution in [0.15, 0.2) is 0 Å². The molecule has 1 aliphatic heterocycles. The lowest BCUT2D eigenvalue weighted by molar-refractivity contribution is -0.141. The lowest BCUT2D eigenvalue weighted by atomic mass is 9.99. The Kier molecular flexibility index (Phi) is 6.42. The molecule has 0 aromatic rings. The Hall–Kier alpha value is -0.610. The average molecular weight is 229 g/mol. The van der Waals surface area contributed by atoms with E-state index in [0.29, 0.717) is 6.42 Å². The minimum Gasteiger partial charge on any atom is -0.469 e. The van der Waals surface area contributed by atoms with Crippen molar-refractivity contribution >= 4 is 5.97 Å². The maximum absolute atomic E-state index is 11.1. The standard InChI is InChI=1S/C12H23NO3/c1-3-13(7-4-12(14)15-2)10-11-5-8-16-9-6-11/h11H,3-10H2,1-2H3. The summed E-state index contributed by atoms with van der Waals surface area (Å²) in [6, 6.07) is 0. The van der Waals surface area contributed by atoms with Crippen molar-refractivity contribution < 1.29 is 14.3 Å². The van der Waals surface area contributed by atoms with E-state index in [2.05, 4.69) is 16.6 Å². The largest absolute Gasteiger partial charge is 0.469 e. The minimum absolute atomic E-state index is 0.120. The van der Waals surface area contributed by atoms with Crippen molar-refractivity contribution in [2.45, 2.75) is 26.2 Å². The number of ether oxygens (including phenoxy) is 2. The van der Waals surface area contributed by atoms with Gasteiger partial charge in [-0.05, 0) is 25.3 Å². The van der Waals surface area contributed by atoms with Gasteiger partial charge in [-0.3, -0.25) is 4.79 Å². The van der Waals surface area contributed by atoms with Gasteiger partial charge in [0.1, 0.15) is 0 Å². The molecular weight excluding hydrogens is 206 g/mol. The van der Waals surface area contributed by atoms with Gasteiger partial charge in [0, 0.05) is 26.3 Å². The normalized spacial score (nSPS) is 17.7. The molecule has 0 N–H and O–H groups in total. The van der Waals surface area contributed by atoms with Crippen molar-refractivity contribution in [3.63, 3.8) is 0 Å². The van der Waals surface area contributed by atoms with E-state index in [9.17, 15) is 4.79 Å². The molecule has 0 saturated carbocycles. The van der Waals surface area contributed by atoms with Crippen LogP contribution in [-0.2, 0) is 14.3 Å². The van der Waals surface area contributed by atoms with E-state index < -0.39 is 0 Å². The number of methoxy groups -OCH3 is 1. The fourth-order valence-electron chi connectivity index (χ4n) is 2.02. The van der Waals surface area contributed by atoms with Crippen LogP contribution < -0.4 is 0 Å². The van der Waals surface area contributed by atoms with Crippen molar-refractivity contribution in [1.82, 2.24) is 4.90 Å². The van der Waals surface area contributed by atoms with Crippen molar-refractivity contribution in [3.05, 3.63) is 0 Å². The Labute approximate surface area is 97.9 Å². The predicted octanol–water partition coefficient (Wildman–Crippen LogP) is 1.30. The van der Waals surface area contributed by atoms with Crippen molar-refractivity contribution in [1.29, 1.82) is 0 Å². The molecule has 0 aromatic heterocycles. The highest BCUT2D eigenvalue weighted by Gasteiger charge is 2.17. The summed E-state index contributed by atoms with van der Waals surface area (Å²) >= 11 is 0. The maximum atomic E-state index is 11.1. The van der Waals surface area contributed by atoms with Gasteiger partial charge in [-0.25, -0.2) is 0 Å². The summed E-state index contributed by atoms with van der Waals surface area (Å²) in [6.07, 6.45) is 2.79. The van der Waals surface area contributed by atoms with Crippen molar-refractivity contribution in [2.24, 2.45) is 5.92 Å². The highest BCUT2D eigenvalue weighted by atomic mass is 16.5. The van der Waals surface area contributed by atoms with Gasteiger partial charge in [-0.2, -0.15) is 0 Å². The molecule has 1 heterocycles. The summed E-state index contributed by atoms with van der Waals surface area (Å²) in [5.41, 5.74) is 0. The number of rotatable bonds is 6. The molecule has 4 nitrogen and oxygen atoms in total. The third-order valence-corrected chi connectivity index (χ3v) is 3.16. The van der Waals surface area contributed by atoms with E-state index in [0.717, 1.165) is 51.6 Å². The molecule has 1 aliphatic rings. The van der Waals surface area contributed by atoms with Crippen LogP contribution >= 0.6 is 0 Å². The van der Waals surface area contributed by atoms with Crippen LogP contribution in [0, 0.1) is 5.92 Å². The zero-order chi connectivity index (χ0) is 11.8. The van der Waals surface area contributed by atoms with Gasteiger partial charge in [-0.15, -0.1) is 0 Å². The first kappa shape index (κ1) is 13.5. The van der Waals surface area contributed by atoms with Gasteiger partial charge >= 0.3 is 5.97 Å². The lowest BCUT2D eigenvalue weighted by Crippen LogP contribution is -2.34. The second-order valence-corrected chi connectivity index (χ2v) is 4.28. The van der Waals surface area contributed by atoms with E-state index >= 15 is 0 Å². The molecule has 16 heavy (non-hydrogen) atoms. The van der Waals surface area contributed by atoms with Gasteiger partial charge in [0.2, 0.25) is 0 Å². The molecule has 94 valence electrons. The second-order valence-electron chi connectivity index (χ2n) is 4.28. The number of esters is 1. The SMILES string of the molecule is CCN(CCC(=O)OC)CC1CCOCC1. The monoisotopic (exact) mass is 229 g/mol. The van der Waals surface area contributed by atoms with Gasteiger partial charge < -0.3 is 14.4 Å². The van der Waals surface area contributed by atoms with Gasteiger partial charge in [0.05, 0.1) is 13.5 Å². The quantitative estimate of drug-likeness (QED) is 0.643. The second kappa shape index (κ2) is 7.63. The third kappa shape index (κ3) is 4.94. The number of carbonyl (C=O) groups excluding carboxylic acids is 1. The molecule has 4 heteroatoms. The molecular formula is C12H23NO3. The summed E-state index contributed by atoms with van der Waals surface area (Å²) in [7, 11) is 1.44. The molecule has 0 radical (unpaired) electrons. The summed E-state index contributed by atoms with van der Waals surface area (Å²) in [5.74, 6) is 0.608. The van der Waals surface area contributed by atoms with Crippen LogP contribution in [0.4, 0.5) is 0 Å². The Morgan fingerprint density at radius 3 is 2.69 bits per heavy atom. The molecule has 0 amide bonds. The highest BCUT2D eigenvalue weighted by Crippen LogP contribution is 2.16. The first-order valence-corrected chi connectivity index (χ1v) is 6.13. The van der Waals surface area contributed by atoms with E-state index in [1.165, 1.54) is 7.11 Å². The highest BCUT2D eigenvalue weighted by molar-refractivity contribution is 5.69. The lowest BCUT2D eigenvalue weighted by Gasteiger charge is -2.28. The van der Waals surface area contributed by atoms with Crippen LogP contribution in [0.25, 0.3) is 0 Å². The number of hydrogen-bond acceptors (Lipinski definition) is 4. The molecule has 0 unspecified atom stereocenters. The topological polar surface area (TPSA) is 38.8 Å². The van der Waals surface area contributed by atoms with E-state index in [1.54, 1.807) is 0 Å². The molecule has 1 fully saturated rings. The molecule has 0 aliphatic carbocycles. The Balaban J connectivity index is 2.22. The zero-order valence-electron chi connectivity index (χ0n) is 10.4. The Bertz CT molecular complexity index is 202. The first-order chi connectivity index (χ1) is 7.76. The van der Waals surface area contributed by atoms with Crippen LogP contribution in [0.5, 0.6) is 0 Å². The molecule has 1 saturated heterocycles. The van der Waals surface area contributed by atoms with Gasteiger partial charge in [0.25, 0.3) is 0 Å². The molecule has 0 aromatic carbocycles. The van der Waals surface area contributed by atoms with Crippen LogP contribution in [-0.4, -0.2) is 50.8 Å². The Morgan fingerprint density at radius 2 is 2.12 bits per heavy atom. The summed E-state index contributed by atoms with van der Waals surface area (Å²) in [4.78, 5) is 13.4. The Morgan fingerprint density at radius 1 is 1.44 bits per heavy atom. The average Bonchev–Trinajstić information content (AvgIpc) is 2.35. The number of carbonyl (C=O) groups is 1. The maximum Gasteiger partial charge on any atom is 0.306 e. The molecule has 0 atom stereocenters. The third-order valence-electron chi connectivity index (χ3n) is 3.16. The van der Waals surface area contributed by atoms with Crippen LogP contribution in [0.1, 0.15) is 26.2 Å². The fraction of sp³-hybridized carbons (Fsp3) is 0.917. The summed E-state index contributed by atoms with van der Waals surface area (Å²) < 4.78 is 9.99. The van der Waals surface area contributed by atoms with E-state index in [-0.39, 0.29) is 5.97 Å². The smallest absolute Gasteiger partial charge is 0.306 e. The minimum atomic E-state index is -0.120. The first-order valence-electron chi connectivity index (χ1n) is 6.13. The van der Waals surface area contributed by atoms with Gasteiger partial charge in [0.15, 0.2) is 0 Å². The zero-order valence-corrected chi connectivity index (χ0v) is 10.4. The van der Waals surface area contributed by atoms with Crippen molar-refractivity contribution in [2.75, 3.05) is 40.0 Å². The number of nitrogens with zero attached hydrogens (tertiary/aromatic N) is 1.